The molecule has 1 saturated carbocycles. The smallest absolute Gasteiger partial charge is 0.241 e. The molecule has 1 aliphatic heterocycles. The third-order valence-electron chi connectivity index (χ3n) is 5.68. The Hall–Kier alpha value is -0.570. The molecule has 1 N–H and O–H groups in total. The predicted molar refractivity (Wildman–Crippen MR) is 83.2 cm³/mol. The van der Waals surface area contributed by atoms with E-state index in [0.29, 0.717) is 29.1 Å². The molecule has 3 unspecified atom stereocenters. The summed E-state index contributed by atoms with van der Waals surface area (Å²) in [5, 5.41) is 3.61. The van der Waals surface area contributed by atoms with Crippen molar-refractivity contribution in [1.82, 2.24) is 10.2 Å². The number of rotatable bonds is 6. The average Bonchev–Trinajstić information content (AvgIpc) is 3.10. The highest BCUT2D eigenvalue weighted by molar-refractivity contribution is 5.84. The van der Waals surface area contributed by atoms with Gasteiger partial charge in [0.2, 0.25) is 5.91 Å². The van der Waals surface area contributed by atoms with Gasteiger partial charge in [-0.05, 0) is 36.0 Å². The summed E-state index contributed by atoms with van der Waals surface area (Å²) in [5.41, 5.74) is 0.398. The molecule has 1 heterocycles. The zero-order valence-electron chi connectivity index (χ0n) is 14.1. The molecule has 1 saturated heterocycles. The van der Waals surface area contributed by atoms with Gasteiger partial charge in [0, 0.05) is 6.54 Å². The molecule has 0 bridgehead atoms. The molecule has 3 nitrogen and oxygen atoms in total. The number of nitrogens with zero attached hydrogens (tertiary/aromatic N) is 1. The fourth-order valence-electron chi connectivity index (χ4n) is 3.45. The molecule has 20 heavy (non-hydrogen) atoms. The van der Waals surface area contributed by atoms with Gasteiger partial charge in [0.15, 0.2) is 0 Å². The first-order valence-corrected chi connectivity index (χ1v) is 8.39. The van der Waals surface area contributed by atoms with E-state index in [0.717, 1.165) is 13.0 Å². The standard InChI is InChI=1S/C17H32N2O/c1-7-13(6)14-16(20)19(15(18-14)11(2)3)10-17(8-9-17)12(4)5/h11-15,18H,7-10H2,1-6H3. The van der Waals surface area contributed by atoms with Crippen molar-refractivity contribution in [3.05, 3.63) is 0 Å². The Kier molecular flexibility index (Phi) is 4.48. The first-order valence-electron chi connectivity index (χ1n) is 8.39. The van der Waals surface area contributed by atoms with Crippen LogP contribution in [-0.4, -0.2) is 29.6 Å². The van der Waals surface area contributed by atoms with Gasteiger partial charge in [0.25, 0.3) is 0 Å². The van der Waals surface area contributed by atoms with Gasteiger partial charge in [0.05, 0.1) is 12.2 Å². The lowest BCUT2D eigenvalue weighted by atomic mass is 9.91. The molecule has 2 aliphatic rings. The van der Waals surface area contributed by atoms with Gasteiger partial charge in [-0.25, -0.2) is 0 Å². The quantitative estimate of drug-likeness (QED) is 0.810. The average molecular weight is 280 g/mol. The lowest BCUT2D eigenvalue weighted by molar-refractivity contribution is -0.132. The van der Waals surface area contributed by atoms with Gasteiger partial charge in [-0.2, -0.15) is 0 Å². The van der Waals surface area contributed by atoms with E-state index in [1.807, 2.05) is 0 Å². The summed E-state index contributed by atoms with van der Waals surface area (Å²) >= 11 is 0. The Balaban J connectivity index is 2.14. The molecule has 3 atom stereocenters. The van der Waals surface area contributed by atoms with Crippen LogP contribution >= 0.6 is 0 Å². The molecule has 0 aromatic carbocycles. The van der Waals surface area contributed by atoms with Gasteiger partial charge in [-0.1, -0.05) is 48.0 Å². The van der Waals surface area contributed by atoms with Crippen molar-refractivity contribution in [3.8, 4) is 0 Å². The van der Waals surface area contributed by atoms with Gasteiger partial charge in [0.1, 0.15) is 0 Å². The van der Waals surface area contributed by atoms with E-state index in [1.165, 1.54) is 12.8 Å². The second-order valence-corrected chi connectivity index (χ2v) is 7.70. The van der Waals surface area contributed by atoms with E-state index in [-0.39, 0.29) is 12.2 Å². The molecule has 0 aromatic heterocycles. The Labute approximate surface area is 124 Å². The minimum atomic E-state index is 0.0235. The minimum Gasteiger partial charge on any atom is -0.325 e. The Morgan fingerprint density at radius 1 is 1.25 bits per heavy atom. The number of nitrogens with one attached hydrogen (secondary N) is 1. The molecule has 2 fully saturated rings. The van der Waals surface area contributed by atoms with E-state index >= 15 is 0 Å². The number of hydrogen-bond acceptors (Lipinski definition) is 2. The molecule has 0 spiro atoms. The summed E-state index contributed by atoms with van der Waals surface area (Å²) in [6.45, 7) is 14.3. The summed E-state index contributed by atoms with van der Waals surface area (Å²) in [6, 6.07) is 0.0235. The molecular weight excluding hydrogens is 248 g/mol. The zero-order chi connectivity index (χ0) is 15.1. The SMILES string of the molecule is CCC(C)C1NC(C(C)C)N(CC2(C(C)C)CC2)C1=O. The van der Waals surface area contributed by atoms with E-state index in [4.69, 9.17) is 0 Å². The van der Waals surface area contributed by atoms with Crippen molar-refractivity contribution < 1.29 is 4.79 Å². The number of hydrogen-bond donors (Lipinski definition) is 1. The second kappa shape index (κ2) is 5.67. The molecule has 1 aliphatic carbocycles. The van der Waals surface area contributed by atoms with Gasteiger partial charge in [-0.15, -0.1) is 0 Å². The number of carbonyl (C=O) groups is 1. The Morgan fingerprint density at radius 3 is 2.25 bits per heavy atom. The van der Waals surface area contributed by atoms with Gasteiger partial charge < -0.3 is 4.90 Å². The largest absolute Gasteiger partial charge is 0.325 e. The molecule has 2 rings (SSSR count). The van der Waals surface area contributed by atoms with Crippen LogP contribution in [0.15, 0.2) is 0 Å². The normalized spacial score (nSPS) is 30.4. The van der Waals surface area contributed by atoms with Crippen LogP contribution in [0.25, 0.3) is 0 Å². The first kappa shape index (κ1) is 15.8. The van der Waals surface area contributed by atoms with Crippen molar-refractivity contribution in [2.75, 3.05) is 6.54 Å². The summed E-state index contributed by atoms with van der Waals surface area (Å²) in [7, 11) is 0. The van der Waals surface area contributed by atoms with Crippen molar-refractivity contribution in [3.63, 3.8) is 0 Å². The van der Waals surface area contributed by atoms with Crippen LogP contribution in [0.5, 0.6) is 0 Å². The number of carbonyl (C=O) groups excluding carboxylic acids is 1. The van der Waals surface area contributed by atoms with E-state index < -0.39 is 0 Å². The summed E-state index contributed by atoms with van der Waals surface area (Å²) in [4.78, 5) is 15.0. The minimum absolute atomic E-state index is 0.0235. The lowest BCUT2D eigenvalue weighted by Gasteiger charge is -2.32. The third kappa shape index (κ3) is 2.74. The maximum Gasteiger partial charge on any atom is 0.241 e. The van der Waals surface area contributed by atoms with Crippen molar-refractivity contribution in [1.29, 1.82) is 0 Å². The molecule has 3 heteroatoms. The monoisotopic (exact) mass is 280 g/mol. The van der Waals surface area contributed by atoms with Crippen molar-refractivity contribution in [2.45, 2.75) is 73.0 Å². The summed E-state index contributed by atoms with van der Waals surface area (Å²) in [5.74, 6) is 1.90. The van der Waals surface area contributed by atoms with E-state index in [9.17, 15) is 4.79 Å². The number of amides is 1. The fraction of sp³-hybridized carbons (Fsp3) is 0.941. The van der Waals surface area contributed by atoms with Crippen LogP contribution in [0.2, 0.25) is 0 Å². The van der Waals surface area contributed by atoms with E-state index in [1.54, 1.807) is 0 Å². The van der Waals surface area contributed by atoms with Gasteiger partial charge in [-0.3, -0.25) is 10.1 Å². The summed E-state index contributed by atoms with van der Waals surface area (Å²) < 4.78 is 0. The Bertz CT molecular complexity index is 360. The van der Waals surface area contributed by atoms with Crippen LogP contribution < -0.4 is 5.32 Å². The van der Waals surface area contributed by atoms with Crippen LogP contribution in [-0.2, 0) is 4.79 Å². The molecule has 1 amide bonds. The second-order valence-electron chi connectivity index (χ2n) is 7.70. The molecule has 116 valence electrons. The zero-order valence-corrected chi connectivity index (χ0v) is 14.1. The Morgan fingerprint density at radius 2 is 1.85 bits per heavy atom. The van der Waals surface area contributed by atoms with E-state index in [2.05, 4.69) is 51.8 Å². The van der Waals surface area contributed by atoms with Crippen LogP contribution in [0, 0.1) is 23.2 Å². The molecule has 0 aromatic rings. The first-order chi connectivity index (χ1) is 9.32. The molecule has 0 radical (unpaired) electrons. The van der Waals surface area contributed by atoms with Crippen LogP contribution in [0.3, 0.4) is 0 Å². The van der Waals surface area contributed by atoms with Crippen LogP contribution in [0.1, 0.15) is 60.8 Å². The maximum absolute atomic E-state index is 12.8. The third-order valence-corrected chi connectivity index (χ3v) is 5.68. The van der Waals surface area contributed by atoms with Gasteiger partial charge >= 0.3 is 0 Å². The van der Waals surface area contributed by atoms with Crippen molar-refractivity contribution in [2.24, 2.45) is 23.2 Å². The maximum atomic E-state index is 12.8. The lowest BCUT2D eigenvalue weighted by Crippen LogP contribution is -2.45. The highest BCUT2D eigenvalue weighted by atomic mass is 16.2. The van der Waals surface area contributed by atoms with Crippen molar-refractivity contribution >= 4 is 5.91 Å². The molecular formula is C17H32N2O. The fourth-order valence-corrected chi connectivity index (χ4v) is 3.45. The summed E-state index contributed by atoms with van der Waals surface area (Å²) in [6.07, 6.45) is 3.84. The topological polar surface area (TPSA) is 32.3 Å². The van der Waals surface area contributed by atoms with Crippen LogP contribution in [0.4, 0.5) is 0 Å². The predicted octanol–water partition coefficient (Wildman–Crippen LogP) is 3.25. The highest BCUT2D eigenvalue weighted by Gasteiger charge is 2.51. The highest BCUT2D eigenvalue weighted by Crippen LogP contribution is 2.53.